The fourth-order valence-electron chi connectivity index (χ4n) is 3.08. The molecule has 0 unspecified atom stereocenters. The number of benzene rings is 1. The first-order valence-corrected chi connectivity index (χ1v) is 8.85. The number of fused-ring (bicyclic) bond motifs is 1. The summed E-state index contributed by atoms with van der Waals surface area (Å²) in [6.45, 7) is 8.20. The largest absolute Gasteiger partial charge is 0.493 e. The Morgan fingerprint density at radius 2 is 2.04 bits per heavy atom. The van der Waals surface area contributed by atoms with Gasteiger partial charge in [-0.2, -0.15) is 5.10 Å². The first kappa shape index (κ1) is 17.9. The molecule has 0 bridgehead atoms. The van der Waals surface area contributed by atoms with Crippen LogP contribution in [-0.2, 0) is 17.8 Å². The molecule has 3 rings (SSSR count). The lowest BCUT2D eigenvalue weighted by Crippen LogP contribution is -2.28. The minimum Gasteiger partial charge on any atom is -0.493 e. The first-order valence-electron chi connectivity index (χ1n) is 8.85. The summed E-state index contributed by atoms with van der Waals surface area (Å²) >= 11 is 0. The molecule has 0 aliphatic carbocycles. The third-order valence-electron chi connectivity index (χ3n) is 4.57. The van der Waals surface area contributed by atoms with Gasteiger partial charge in [-0.05, 0) is 44.9 Å². The van der Waals surface area contributed by atoms with Crippen LogP contribution in [-0.4, -0.2) is 41.5 Å². The predicted molar refractivity (Wildman–Crippen MR) is 94.1 cm³/mol. The van der Waals surface area contributed by atoms with Crippen LogP contribution in [0.3, 0.4) is 0 Å². The molecule has 2 heterocycles. The number of aromatic amines is 1. The van der Waals surface area contributed by atoms with Crippen molar-refractivity contribution in [3.63, 3.8) is 0 Å². The van der Waals surface area contributed by atoms with Crippen LogP contribution in [0.1, 0.15) is 35.4 Å². The number of aryl methyl sites for hydroxylation is 2. The van der Waals surface area contributed by atoms with Gasteiger partial charge in [0, 0.05) is 43.1 Å². The van der Waals surface area contributed by atoms with Gasteiger partial charge in [0.15, 0.2) is 0 Å². The fourth-order valence-corrected chi connectivity index (χ4v) is 3.08. The molecule has 0 radical (unpaired) electrons. The van der Waals surface area contributed by atoms with Crippen LogP contribution < -0.4 is 4.74 Å². The van der Waals surface area contributed by atoms with Crippen molar-refractivity contribution in [1.29, 1.82) is 0 Å². The summed E-state index contributed by atoms with van der Waals surface area (Å²) in [6.07, 6.45) is 1.91. The molecule has 0 spiro atoms. The Morgan fingerprint density at radius 3 is 2.84 bits per heavy atom. The normalized spacial score (nSPS) is 17.2. The number of halogens is 1. The van der Waals surface area contributed by atoms with Crippen LogP contribution in [0.5, 0.6) is 5.75 Å². The van der Waals surface area contributed by atoms with Crippen LogP contribution in [0.15, 0.2) is 18.2 Å². The maximum atomic E-state index is 13.8. The molecule has 0 amide bonds. The molecule has 5 nitrogen and oxygen atoms in total. The molecule has 2 aromatic rings. The zero-order valence-electron chi connectivity index (χ0n) is 15.0. The SMILES string of the molecule is Cc1n[nH]c(C)c1CN1CCOCCCCOc2ccc(F)cc2C1. The van der Waals surface area contributed by atoms with Crippen molar-refractivity contribution in [1.82, 2.24) is 15.1 Å². The summed E-state index contributed by atoms with van der Waals surface area (Å²) in [5.41, 5.74) is 4.13. The van der Waals surface area contributed by atoms with E-state index < -0.39 is 0 Å². The maximum absolute atomic E-state index is 13.8. The molecule has 1 aliphatic rings. The first-order chi connectivity index (χ1) is 12.1. The summed E-state index contributed by atoms with van der Waals surface area (Å²) < 4.78 is 25.4. The molecule has 0 atom stereocenters. The summed E-state index contributed by atoms with van der Waals surface area (Å²) in [6, 6.07) is 4.77. The number of hydrogen-bond donors (Lipinski definition) is 1. The number of nitrogens with one attached hydrogen (secondary N) is 1. The van der Waals surface area contributed by atoms with E-state index in [9.17, 15) is 4.39 Å². The molecule has 0 saturated heterocycles. The molecule has 0 saturated carbocycles. The molecular formula is C19H26FN3O2. The van der Waals surface area contributed by atoms with Gasteiger partial charge in [-0.25, -0.2) is 4.39 Å². The van der Waals surface area contributed by atoms with Gasteiger partial charge in [-0.3, -0.25) is 10.00 Å². The molecule has 0 fully saturated rings. The summed E-state index contributed by atoms with van der Waals surface area (Å²) in [5, 5.41) is 7.31. The van der Waals surface area contributed by atoms with E-state index in [2.05, 4.69) is 15.1 Å². The zero-order valence-corrected chi connectivity index (χ0v) is 15.0. The second kappa shape index (κ2) is 8.45. The Morgan fingerprint density at radius 1 is 1.20 bits per heavy atom. The lowest BCUT2D eigenvalue weighted by molar-refractivity contribution is 0.0907. The van der Waals surface area contributed by atoms with E-state index in [-0.39, 0.29) is 5.82 Å². The molecular weight excluding hydrogens is 321 g/mol. The second-order valence-electron chi connectivity index (χ2n) is 6.54. The van der Waals surface area contributed by atoms with E-state index in [0.29, 0.717) is 19.8 Å². The quantitative estimate of drug-likeness (QED) is 0.905. The van der Waals surface area contributed by atoms with Crippen molar-refractivity contribution in [3.8, 4) is 5.75 Å². The van der Waals surface area contributed by atoms with Crippen LogP contribution >= 0.6 is 0 Å². The van der Waals surface area contributed by atoms with Gasteiger partial charge in [0.05, 0.1) is 18.9 Å². The average Bonchev–Trinajstić information content (AvgIpc) is 2.89. The van der Waals surface area contributed by atoms with Crippen LogP contribution in [0.2, 0.25) is 0 Å². The summed E-state index contributed by atoms with van der Waals surface area (Å²) in [7, 11) is 0. The third kappa shape index (κ3) is 4.80. The van der Waals surface area contributed by atoms with Gasteiger partial charge in [0.2, 0.25) is 0 Å². The second-order valence-corrected chi connectivity index (χ2v) is 6.54. The monoisotopic (exact) mass is 347 g/mol. The topological polar surface area (TPSA) is 50.4 Å². The maximum Gasteiger partial charge on any atom is 0.123 e. The van der Waals surface area contributed by atoms with Crippen LogP contribution in [0.25, 0.3) is 0 Å². The number of rotatable bonds is 2. The van der Waals surface area contributed by atoms with Gasteiger partial charge < -0.3 is 9.47 Å². The Hall–Kier alpha value is -1.92. The highest BCUT2D eigenvalue weighted by Gasteiger charge is 2.16. The number of aromatic nitrogens is 2. The summed E-state index contributed by atoms with van der Waals surface area (Å²) in [5.74, 6) is 0.537. The highest BCUT2D eigenvalue weighted by Crippen LogP contribution is 2.24. The van der Waals surface area contributed by atoms with Gasteiger partial charge in [-0.15, -0.1) is 0 Å². The van der Waals surface area contributed by atoms with E-state index in [4.69, 9.17) is 9.47 Å². The predicted octanol–water partition coefficient (Wildman–Crippen LogP) is 3.36. The van der Waals surface area contributed by atoms with E-state index in [1.807, 2.05) is 13.8 Å². The van der Waals surface area contributed by atoms with Gasteiger partial charge in [0.25, 0.3) is 0 Å². The smallest absolute Gasteiger partial charge is 0.123 e. The molecule has 25 heavy (non-hydrogen) atoms. The molecule has 6 heteroatoms. The Bertz CT molecular complexity index is 682. The third-order valence-corrected chi connectivity index (χ3v) is 4.57. The van der Waals surface area contributed by atoms with Crippen molar-refractivity contribution >= 4 is 0 Å². The average molecular weight is 347 g/mol. The molecule has 1 aromatic heterocycles. The minimum atomic E-state index is -0.235. The van der Waals surface area contributed by atoms with E-state index in [1.165, 1.54) is 11.6 Å². The Kier molecular flexibility index (Phi) is 6.04. The molecule has 1 N–H and O–H groups in total. The van der Waals surface area contributed by atoms with Crippen molar-refractivity contribution in [2.24, 2.45) is 0 Å². The van der Waals surface area contributed by atoms with Crippen molar-refractivity contribution in [2.45, 2.75) is 39.8 Å². The van der Waals surface area contributed by atoms with Crippen LogP contribution in [0.4, 0.5) is 4.39 Å². The standard InChI is InChI=1S/C19H26FN3O2/c1-14-18(15(2)22-21-14)13-23-7-10-24-8-3-4-9-25-19-6-5-17(20)11-16(19)12-23/h5-6,11H,3-4,7-10,12-13H2,1-2H3,(H,21,22). The zero-order chi connectivity index (χ0) is 17.6. The molecule has 136 valence electrons. The summed E-state index contributed by atoms with van der Waals surface area (Å²) in [4.78, 5) is 2.26. The fraction of sp³-hybridized carbons (Fsp3) is 0.526. The highest BCUT2D eigenvalue weighted by atomic mass is 19.1. The van der Waals surface area contributed by atoms with E-state index in [1.54, 1.807) is 12.1 Å². The van der Waals surface area contributed by atoms with E-state index in [0.717, 1.165) is 55.2 Å². The lowest BCUT2D eigenvalue weighted by atomic mass is 10.1. The van der Waals surface area contributed by atoms with Crippen molar-refractivity contribution < 1.29 is 13.9 Å². The van der Waals surface area contributed by atoms with Crippen molar-refractivity contribution in [2.75, 3.05) is 26.4 Å². The Balaban J connectivity index is 1.83. The number of ether oxygens (including phenoxy) is 2. The number of nitrogens with zero attached hydrogens (tertiary/aromatic N) is 2. The van der Waals surface area contributed by atoms with Gasteiger partial charge in [-0.1, -0.05) is 0 Å². The van der Waals surface area contributed by atoms with Crippen molar-refractivity contribution in [3.05, 3.63) is 46.5 Å². The number of H-pyrrole nitrogens is 1. The van der Waals surface area contributed by atoms with Gasteiger partial charge in [0.1, 0.15) is 11.6 Å². The van der Waals surface area contributed by atoms with Gasteiger partial charge >= 0.3 is 0 Å². The molecule has 1 aliphatic heterocycles. The minimum absolute atomic E-state index is 0.235. The molecule has 1 aromatic carbocycles. The Labute approximate surface area is 148 Å². The highest BCUT2D eigenvalue weighted by molar-refractivity contribution is 5.34. The number of hydrogen-bond acceptors (Lipinski definition) is 4. The van der Waals surface area contributed by atoms with E-state index >= 15 is 0 Å². The lowest BCUT2D eigenvalue weighted by Gasteiger charge is -2.24. The van der Waals surface area contributed by atoms with Crippen LogP contribution in [0, 0.1) is 19.7 Å².